The van der Waals surface area contributed by atoms with Gasteiger partial charge in [0, 0.05) is 16.3 Å². The van der Waals surface area contributed by atoms with Gasteiger partial charge in [-0.05, 0) is 22.0 Å². The molecule has 4 nitrogen and oxygen atoms in total. The highest BCUT2D eigenvalue weighted by molar-refractivity contribution is 9.10. The quantitative estimate of drug-likeness (QED) is 0.492. The van der Waals surface area contributed by atoms with Gasteiger partial charge in [0.1, 0.15) is 11.4 Å². The molecule has 0 atom stereocenters. The van der Waals surface area contributed by atoms with E-state index in [-0.39, 0.29) is 16.8 Å². The molecule has 0 fully saturated rings. The van der Waals surface area contributed by atoms with Crippen LogP contribution in [0, 0.1) is 11.2 Å². The summed E-state index contributed by atoms with van der Waals surface area (Å²) in [7, 11) is 1.13. The van der Waals surface area contributed by atoms with Crippen molar-refractivity contribution >= 4 is 33.8 Å². The Bertz CT molecular complexity index is 435. The molecule has 0 saturated carbocycles. The summed E-state index contributed by atoms with van der Waals surface area (Å²) in [5.74, 6) is -1.64. The van der Waals surface area contributed by atoms with E-state index < -0.39 is 11.8 Å². The predicted octanol–water partition coefficient (Wildman–Crippen LogP) is 1.95. The van der Waals surface area contributed by atoms with E-state index in [9.17, 15) is 9.18 Å². The van der Waals surface area contributed by atoms with Crippen LogP contribution in [0.3, 0.4) is 0 Å². The number of esters is 1. The number of nitrogen functional groups attached to an aromatic ring is 1. The number of methoxy groups -OCH3 is 1. The van der Waals surface area contributed by atoms with Gasteiger partial charge in [0.05, 0.1) is 12.8 Å². The molecule has 0 heterocycles. The fraction of sp³-hybridized carbons (Fsp3) is 0.111. The van der Waals surface area contributed by atoms with Crippen molar-refractivity contribution in [1.82, 2.24) is 0 Å². The Hall–Kier alpha value is -1.43. The Morgan fingerprint density at radius 1 is 1.73 bits per heavy atom. The first kappa shape index (κ1) is 11.6. The zero-order chi connectivity index (χ0) is 11.6. The average Bonchev–Trinajstić information content (AvgIpc) is 2.17. The van der Waals surface area contributed by atoms with Gasteiger partial charge in [-0.1, -0.05) is 0 Å². The highest BCUT2D eigenvalue weighted by Gasteiger charge is 2.20. The molecule has 15 heavy (non-hydrogen) atoms. The van der Waals surface area contributed by atoms with E-state index in [4.69, 9.17) is 11.1 Å². The summed E-state index contributed by atoms with van der Waals surface area (Å²) in [5.41, 5.74) is 5.34. The number of anilines is 1. The Morgan fingerprint density at radius 3 is 2.80 bits per heavy atom. The molecule has 3 N–H and O–H groups in total. The van der Waals surface area contributed by atoms with Crippen LogP contribution < -0.4 is 5.73 Å². The second-order valence-corrected chi connectivity index (χ2v) is 3.53. The number of carbonyl (C=O) groups excluding carboxylic acids is 1. The van der Waals surface area contributed by atoms with Gasteiger partial charge in [-0.3, -0.25) is 0 Å². The average molecular weight is 275 g/mol. The molecule has 1 aromatic carbocycles. The molecule has 0 saturated heterocycles. The number of halogens is 2. The van der Waals surface area contributed by atoms with E-state index in [1.165, 1.54) is 0 Å². The number of nitrogens with one attached hydrogen (secondary N) is 1. The van der Waals surface area contributed by atoms with Gasteiger partial charge >= 0.3 is 5.97 Å². The van der Waals surface area contributed by atoms with Gasteiger partial charge in [-0.2, -0.15) is 0 Å². The predicted molar refractivity (Wildman–Crippen MR) is 57.7 cm³/mol. The summed E-state index contributed by atoms with van der Waals surface area (Å²) in [6.07, 6.45) is 0.936. The van der Waals surface area contributed by atoms with E-state index in [0.717, 1.165) is 19.4 Å². The lowest BCUT2D eigenvalue weighted by Crippen LogP contribution is -2.11. The zero-order valence-electron chi connectivity index (χ0n) is 7.80. The summed E-state index contributed by atoms with van der Waals surface area (Å²) in [4.78, 5) is 11.2. The standard InChI is InChI=1S/C9H8BrFN2O2/c1-15-9(14)7-6(11)2-5(10)4(3-12)8(7)13/h2-3,12H,13H2,1H3. The molecule has 1 aromatic rings. The minimum atomic E-state index is -0.861. The Kier molecular flexibility index (Phi) is 3.41. The number of carbonyl (C=O) groups is 1. The molecule has 0 spiro atoms. The molecule has 1 rings (SSSR count). The summed E-state index contributed by atoms with van der Waals surface area (Å²) in [6, 6.07) is 1.07. The second-order valence-electron chi connectivity index (χ2n) is 2.68. The minimum Gasteiger partial charge on any atom is -0.465 e. The molecule has 0 unspecified atom stereocenters. The molecule has 80 valence electrons. The van der Waals surface area contributed by atoms with Gasteiger partial charge in [-0.15, -0.1) is 0 Å². The van der Waals surface area contributed by atoms with Crippen LogP contribution >= 0.6 is 15.9 Å². The van der Waals surface area contributed by atoms with Crippen molar-refractivity contribution < 1.29 is 13.9 Å². The Morgan fingerprint density at radius 2 is 2.33 bits per heavy atom. The maximum absolute atomic E-state index is 13.4. The lowest BCUT2D eigenvalue weighted by molar-refractivity contribution is 0.0597. The van der Waals surface area contributed by atoms with Crippen LogP contribution in [0.2, 0.25) is 0 Å². The minimum absolute atomic E-state index is 0.108. The number of hydrogen-bond donors (Lipinski definition) is 2. The zero-order valence-corrected chi connectivity index (χ0v) is 9.39. The third-order valence-corrected chi connectivity index (χ3v) is 2.50. The number of benzene rings is 1. The van der Waals surface area contributed by atoms with E-state index in [0.29, 0.717) is 4.47 Å². The maximum Gasteiger partial charge on any atom is 0.342 e. The number of nitrogens with two attached hydrogens (primary N) is 1. The van der Waals surface area contributed by atoms with Gasteiger partial charge in [-0.25, -0.2) is 9.18 Å². The van der Waals surface area contributed by atoms with Crippen molar-refractivity contribution in [2.75, 3.05) is 12.8 Å². The summed E-state index contributed by atoms with van der Waals surface area (Å²) in [5, 5.41) is 7.08. The first-order chi connectivity index (χ1) is 7.02. The molecule has 0 aliphatic heterocycles. The van der Waals surface area contributed by atoms with Crippen LogP contribution in [0.5, 0.6) is 0 Å². The number of rotatable bonds is 2. The first-order valence-corrected chi connectivity index (χ1v) is 4.68. The van der Waals surface area contributed by atoms with Crippen molar-refractivity contribution in [2.45, 2.75) is 0 Å². The van der Waals surface area contributed by atoms with Gasteiger partial charge in [0.2, 0.25) is 0 Å². The summed E-state index contributed by atoms with van der Waals surface area (Å²) in [6.45, 7) is 0. The molecule has 0 aliphatic carbocycles. The molecule has 0 amide bonds. The molecule has 0 radical (unpaired) electrons. The van der Waals surface area contributed by atoms with Crippen molar-refractivity contribution in [1.29, 1.82) is 5.41 Å². The SMILES string of the molecule is COC(=O)c1c(F)cc(Br)c(C=N)c1N. The van der Waals surface area contributed by atoms with Crippen molar-refractivity contribution in [3.8, 4) is 0 Å². The fourth-order valence-corrected chi connectivity index (χ4v) is 1.64. The summed E-state index contributed by atoms with van der Waals surface area (Å²) < 4.78 is 18.1. The van der Waals surface area contributed by atoms with Crippen LogP contribution in [0.4, 0.5) is 10.1 Å². The van der Waals surface area contributed by atoms with E-state index in [2.05, 4.69) is 20.7 Å². The first-order valence-electron chi connectivity index (χ1n) is 3.89. The lowest BCUT2D eigenvalue weighted by atomic mass is 10.1. The van der Waals surface area contributed by atoms with Crippen molar-refractivity contribution in [2.24, 2.45) is 0 Å². The fourth-order valence-electron chi connectivity index (χ4n) is 1.11. The maximum atomic E-state index is 13.4. The van der Waals surface area contributed by atoms with Crippen LogP contribution in [-0.2, 0) is 4.74 Å². The van der Waals surface area contributed by atoms with Gasteiger partial charge in [0.25, 0.3) is 0 Å². The number of hydrogen-bond acceptors (Lipinski definition) is 4. The van der Waals surface area contributed by atoms with Crippen LogP contribution in [0.25, 0.3) is 0 Å². The van der Waals surface area contributed by atoms with Crippen LogP contribution in [-0.4, -0.2) is 19.3 Å². The van der Waals surface area contributed by atoms with Gasteiger partial charge in [0.15, 0.2) is 0 Å². The Balaban J connectivity index is 3.52. The lowest BCUT2D eigenvalue weighted by Gasteiger charge is -2.09. The highest BCUT2D eigenvalue weighted by Crippen LogP contribution is 2.27. The molecular weight excluding hydrogens is 267 g/mol. The molecule has 0 aromatic heterocycles. The van der Waals surface area contributed by atoms with Crippen LogP contribution in [0.15, 0.2) is 10.5 Å². The normalized spacial score (nSPS) is 9.80. The monoisotopic (exact) mass is 274 g/mol. The summed E-state index contributed by atoms with van der Waals surface area (Å²) >= 11 is 3.04. The molecule has 0 aliphatic rings. The molecule has 6 heteroatoms. The highest BCUT2D eigenvalue weighted by atomic mass is 79.9. The Labute approximate surface area is 93.9 Å². The van der Waals surface area contributed by atoms with E-state index >= 15 is 0 Å². The van der Waals surface area contributed by atoms with Gasteiger partial charge < -0.3 is 15.9 Å². The third kappa shape index (κ3) is 1.99. The molecule has 0 bridgehead atoms. The third-order valence-electron chi connectivity index (χ3n) is 1.84. The van der Waals surface area contributed by atoms with E-state index in [1.807, 2.05) is 0 Å². The van der Waals surface area contributed by atoms with Crippen molar-refractivity contribution in [3.63, 3.8) is 0 Å². The largest absolute Gasteiger partial charge is 0.465 e. The molecular formula is C9H8BrFN2O2. The van der Waals surface area contributed by atoms with Crippen LogP contribution in [0.1, 0.15) is 15.9 Å². The topological polar surface area (TPSA) is 76.2 Å². The van der Waals surface area contributed by atoms with E-state index in [1.54, 1.807) is 0 Å². The smallest absolute Gasteiger partial charge is 0.342 e. The number of ether oxygens (including phenoxy) is 1. The van der Waals surface area contributed by atoms with Crippen molar-refractivity contribution in [3.05, 3.63) is 27.5 Å². The second kappa shape index (κ2) is 4.39.